The van der Waals surface area contributed by atoms with E-state index in [4.69, 9.17) is 15.9 Å². The summed E-state index contributed by atoms with van der Waals surface area (Å²) in [7, 11) is 0. The van der Waals surface area contributed by atoms with Crippen LogP contribution in [0.25, 0.3) is 0 Å². The molecule has 1 fully saturated rings. The van der Waals surface area contributed by atoms with Crippen LogP contribution in [0.5, 0.6) is 0 Å². The Morgan fingerprint density at radius 1 is 1.56 bits per heavy atom. The third-order valence-electron chi connectivity index (χ3n) is 3.02. The van der Waals surface area contributed by atoms with E-state index in [1.54, 1.807) is 12.4 Å². The van der Waals surface area contributed by atoms with Crippen LogP contribution in [0.1, 0.15) is 25.5 Å². The summed E-state index contributed by atoms with van der Waals surface area (Å²) in [4.78, 5) is 10.6. The molecule has 2 heterocycles. The Hall–Kier alpha value is -1.69. The van der Waals surface area contributed by atoms with E-state index in [1.807, 2.05) is 6.92 Å². The molecule has 0 bridgehead atoms. The van der Waals surface area contributed by atoms with Gasteiger partial charge in [0.2, 0.25) is 0 Å². The van der Waals surface area contributed by atoms with E-state index < -0.39 is 0 Å². The molecule has 98 valence electrons. The number of nitrogen functional groups attached to an aromatic ring is 1. The second kappa shape index (κ2) is 5.77. The van der Waals surface area contributed by atoms with Gasteiger partial charge in [0, 0.05) is 19.7 Å². The average Bonchev–Trinajstić information content (AvgIpc) is 2.39. The Morgan fingerprint density at radius 3 is 3.00 bits per heavy atom. The minimum absolute atomic E-state index is 0.0557. The van der Waals surface area contributed by atoms with Gasteiger partial charge in [-0.1, -0.05) is 0 Å². The highest BCUT2D eigenvalue weighted by molar-refractivity contribution is 5.92. The summed E-state index contributed by atoms with van der Waals surface area (Å²) in [5.74, 6) is 0.768. The number of anilines is 1. The van der Waals surface area contributed by atoms with Gasteiger partial charge in [-0.25, -0.2) is 9.97 Å². The third-order valence-corrected chi connectivity index (χ3v) is 3.02. The van der Waals surface area contributed by atoms with E-state index in [0.717, 1.165) is 38.4 Å². The zero-order valence-electron chi connectivity index (χ0n) is 10.6. The number of nitrogens with zero attached hydrogens (tertiary/aromatic N) is 3. The Bertz CT molecular complexity index is 403. The normalized spacial score (nSPS) is 19.8. The monoisotopic (exact) mass is 249 g/mol. The van der Waals surface area contributed by atoms with E-state index in [2.05, 4.69) is 14.9 Å². The van der Waals surface area contributed by atoms with Gasteiger partial charge in [0.1, 0.15) is 17.3 Å². The number of hydrogen-bond acceptors (Lipinski definition) is 5. The first-order valence-corrected chi connectivity index (χ1v) is 6.23. The Morgan fingerprint density at radius 2 is 2.39 bits per heavy atom. The second-order valence-electron chi connectivity index (χ2n) is 4.34. The molecule has 6 nitrogen and oxygen atoms in total. The molecule has 1 aromatic rings. The smallest absolute Gasteiger partial charge is 0.147 e. The van der Waals surface area contributed by atoms with Gasteiger partial charge in [-0.15, -0.1) is 0 Å². The Labute approximate surface area is 107 Å². The molecule has 6 heteroatoms. The lowest BCUT2D eigenvalue weighted by molar-refractivity contribution is 0.0525. The van der Waals surface area contributed by atoms with Crippen molar-refractivity contribution in [3.63, 3.8) is 0 Å². The zero-order chi connectivity index (χ0) is 13.0. The van der Waals surface area contributed by atoms with Crippen LogP contribution in [0, 0.1) is 5.41 Å². The molecule has 1 unspecified atom stereocenters. The van der Waals surface area contributed by atoms with Gasteiger partial charge in [0.25, 0.3) is 0 Å². The fourth-order valence-electron chi connectivity index (χ4n) is 2.14. The topological polar surface area (TPSA) is 88.1 Å². The molecule has 1 aromatic heterocycles. The minimum atomic E-state index is -0.0557. The molecule has 3 N–H and O–H groups in total. The molecule has 0 spiro atoms. The number of nitrogens with one attached hydrogen (secondary N) is 1. The summed E-state index contributed by atoms with van der Waals surface area (Å²) in [6.07, 6.45) is 5.69. The first-order valence-electron chi connectivity index (χ1n) is 6.23. The molecule has 2 rings (SSSR count). The van der Waals surface area contributed by atoms with Gasteiger partial charge in [-0.3, -0.25) is 5.41 Å². The van der Waals surface area contributed by atoms with E-state index in [9.17, 15) is 0 Å². The lowest BCUT2D eigenvalue weighted by Gasteiger charge is -2.33. The van der Waals surface area contributed by atoms with Crippen molar-refractivity contribution in [3.8, 4) is 0 Å². The zero-order valence-corrected chi connectivity index (χ0v) is 10.6. The first kappa shape index (κ1) is 12.8. The number of amidine groups is 1. The van der Waals surface area contributed by atoms with E-state index in [1.165, 1.54) is 0 Å². The van der Waals surface area contributed by atoms with Crippen molar-refractivity contribution in [2.45, 2.75) is 25.9 Å². The second-order valence-corrected chi connectivity index (χ2v) is 4.34. The van der Waals surface area contributed by atoms with E-state index in [0.29, 0.717) is 5.69 Å². The van der Waals surface area contributed by atoms with E-state index >= 15 is 0 Å². The fraction of sp³-hybridized carbons (Fsp3) is 0.583. The van der Waals surface area contributed by atoms with Crippen molar-refractivity contribution in [3.05, 3.63) is 18.1 Å². The van der Waals surface area contributed by atoms with Gasteiger partial charge in [0.05, 0.1) is 18.5 Å². The van der Waals surface area contributed by atoms with Crippen LogP contribution in [-0.4, -0.2) is 41.6 Å². The summed E-state index contributed by atoms with van der Waals surface area (Å²) in [6.45, 7) is 4.58. The lowest BCUT2D eigenvalue weighted by atomic mass is 10.1. The highest BCUT2D eigenvalue weighted by atomic mass is 16.5. The fourth-order valence-corrected chi connectivity index (χ4v) is 2.14. The SMILES string of the molecule is CCOC1CCCN(c2cnc(C(=N)N)cn2)C1. The van der Waals surface area contributed by atoms with Crippen LogP contribution in [-0.2, 0) is 4.74 Å². The number of ether oxygens (including phenoxy) is 1. The molecule has 0 saturated carbocycles. The third kappa shape index (κ3) is 2.95. The van der Waals surface area contributed by atoms with Gasteiger partial charge in [0.15, 0.2) is 0 Å². The number of nitrogens with two attached hydrogens (primary N) is 1. The molecular weight excluding hydrogens is 230 g/mol. The molecule has 1 atom stereocenters. The van der Waals surface area contributed by atoms with Crippen LogP contribution >= 0.6 is 0 Å². The molecule has 0 aliphatic carbocycles. The molecule has 1 saturated heterocycles. The molecule has 1 aliphatic heterocycles. The summed E-state index contributed by atoms with van der Waals surface area (Å²) >= 11 is 0. The van der Waals surface area contributed by atoms with Crippen molar-refractivity contribution < 1.29 is 4.74 Å². The van der Waals surface area contributed by atoms with Crippen molar-refractivity contribution >= 4 is 11.7 Å². The summed E-state index contributed by atoms with van der Waals surface area (Å²) < 4.78 is 5.65. The highest BCUT2D eigenvalue weighted by Gasteiger charge is 2.21. The predicted molar refractivity (Wildman–Crippen MR) is 69.9 cm³/mol. The first-order chi connectivity index (χ1) is 8.70. The molecule has 18 heavy (non-hydrogen) atoms. The van der Waals surface area contributed by atoms with Crippen LogP contribution < -0.4 is 10.6 Å². The largest absolute Gasteiger partial charge is 0.382 e. The number of rotatable bonds is 4. The number of hydrogen-bond donors (Lipinski definition) is 2. The van der Waals surface area contributed by atoms with Crippen molar-refractivity contribution in [2.75, 3.05) is 24.6 Å². The van der Waals surface area contributed by atoms with Crippen molar-refractivity contribution in [2.24, 2.45) is 5.73 Å². The van der Waals surface area contributed by atoms with Gasteiger partial charge < -0.3 is 15.4 Å². The average molecular weight is 249 g/mol. The number of piperidine rings is 1. The van der Waals surface area contributed by atoms with Crippen molar-refractivity contribution in [1.82, 2.24) is 9.97 Å². The summed E-state index contributed by atoms with van der Waals surface area (Å²) in [6, 6.07) is 0. The molecule has 0 aromatic carbocycles. The lowest BCUT2D eigenvalue weighted by Crippen LogP contribution is -2.40. The molecule has 0 radical (unpaired) electrons. The Kier molecular flexibility index (Phi) is 4.09. The van der Waals surface area contributed by atoms with Crippen LogP contribution in [0.3, 0.4) is 0 Å². The van der Waals surface area contributed by atoms with Crippen molar-refractivity contribution in [1.29, 1.82) is 5.41 Å². The van der Waals surface area contributed by atoms with Crippen LogP contribution in [0.4, 0.5) is 5.82 Å². The van der Waals surface area contributed by atoms with Crippen LogP contribution in [0.15, 0.2) is 12.4 Å². The van der Waals surface area contributed by atoms with Gasteiger partial charge >= 0.3 is 0 Å². The highest BCUT2D eigenvalue weighted by Crippen LogP contribution is 2.18. The molecule has 0 amide bonds. The maximum atomic E-state index is 7.28. The standard InChI is InChI=1S/C12H19N5O/c1-2-18-9-4-3-5-17(8-9)11-7-15-10(6-16-11)12(13)14/h6-7,9H,2-5,8H2,1H3,(H3,13,14). The van der Waals surface area contributed by atoms with Crippen LogP contribution in [0.2, 0.25) is 0 Å². The van der Waals surface area contributed by atoms with Gasteiger partial charge in [-0.2, -0.15) is 0 Å². The minimum Gasteiger partial charge on any atom is -0.382 e. The quantitative estimate of drug-likeness (QED) is 0.607. The summed E-state index contributed by atoms with van der Waals surface area (Å²) in [5, 5.41) is 7.28. The predicted octanol–water partition coefficient (Wildman–Crippen LogP) is 0.766. The Balaban J connectivity index is 2.04. The molecular formula is C12H19N5O. The maximum absolute atomic E-state index is 7.28. The number of aromatic nitrogens is 2. The molecule has 1 aliphatic rings. The van der Waals surface area contributed by atoms with Gasteiger partial charge in [-0.05, 0) is 19.8 Å². The maximum Gasteiger partial charge on any atom is 0.147 e. The summed E-state index contributed by atoms with van der Waals surface area (Å²) in [5.41, 5.74) is 5.77. The van der Waals surface area contributed by atoms with E-state index in [-0.39, 0.29) is 11.9 Å².